The highest BCUT2D eigenvalue weighted by Crippen LogP contribution is 2.13. The summed E-state index contributed by atoms with van der Waals surface area (Å²) in [4.78, 5) is 23.6. The summed E-state index contributed by atoms with van der Waals surface area (Å²) in [5.41, 5.74) is 0.450. The lowest BCUT2D eigenvalue weighted by molar-refractivity contribution is -0.118. The molecule has 0 unspecified atom stereocenters. The number of ketones is 1. The van der Waals surface area contributed by atoms with E-state index in [1.165, 1.54) is 0 Å². The molecule has 0 spiro atoms. The Hall–Kier alpha value is -1.68. The number of amides is 1. The second-order valence-corrected chi connectivity index (χ2v) is 4.81. The van der Waals surface area contributed by atoms with Crippen LogP contribution in [0.2, 0.25) is 0 Å². The van der Waals surface area contributed by atoms with Gasteiger partial charge in [-0.25, -0.2) is 0 Å². The lowest BCUT2D eigenvalue weighted by Crippen LogP contribution is -2.44. The predicted molar refractivity (Wildman–Crippen MR) is 74.1 cm³/mol. The van der Waals surface area contributed by atoms with Crippen LogP contribution in [0.5, 0.6) is 0 Å². The highest BCUT2D eigenvalue weighted by Gasteiger charge is 2.24. The summed E-state index contributed by atoms with van der Waals surface area (Å²) in [7, 11) is 0. The molecule has 0 aliphatic heterocycles. The maximum atomic E-state index is 11.9. The molecular weight excluding hydrogens is 242 g/mol. The van der Waals surface area contributed by atoms with Gasteiger partial charge >= 0.3 is 0 Å². The lowest BCUT2D eigenvalue weighted by Gasteiger charge is -2.25. The van der Waals surface area contributed by atoms with E-state index in [-0.39, 0.29) is 6.54 Å². The average Bonchev–Trinajstić information content (AvgIpc) is 2.44. The van der Waals surface area contributed by atoms with Crippen molar-refractivity contribution in [1.29, 1.82) is 0 Å². The van der Waals surface area contributed by atoms with Crippen LogP contribution >= 0.6 is 0 Å². The molecule has 104 valence electrons. The summed E-state index contributed by atoms with van der Waals surface area (Å²) in [5.74, 6) is -1.25. The maximum absolute atomic E-state index is 11.9. The summed E-state index contributed by atoms with van der Waals surface area (Å²) in [6.07, 6.45) is 1.06. The minimum absolute atomic E-state index is 0.0937. The van der Waals surface area contributed by atoms with Crippen LogP contribution in [0.3, 0.4) is 0 Å². The molecule has 2 N–H and O–H groups in total. The molecule has 1 aromatic rings. The molecule has 0 aromatic heterocycles. The van der Waals surface area contributed by atoms with Crippen LogP contribution < -0.4 is 5.32 Å². The monoisotopic (exact) mass is 263 g/mol. The van der Waals surface area contributed by atoms with Crippen LogP contribution in [-0.2, 0) is 4.79 Å². The highest BCUT2D eigenvalue weighted by atomic mass is 16.3. The van der Waals surface area contributed by atoms with Crippen molar-refractivity contribution in [3.8, 4) is 0 Å². The molecular formula is C15H21NO3. The topological polar surface area (TPSA) is 66.4 Å². The van der Waals surface area contributed by atoms with Gasteiger partial charge in [-0.2, -0.15) is 0 Å². The zero-order valence-corrected chi connectivity index (χ0v) is 11.7. The average molecular weight is 263 g/mol. The number of carbonyl (C=O) groups is 2. The van der Waals surface area contributed by atoms with Crippen LogP contribution in [0.1, 0.15) is 42.6 Å². The van der Waals surface area contributed by atoms with Crippen LogP contribution in [0.15, 0.2) is 24.3 Å². The molecule has 0 saturated heterocycles. The smallest absolute Gasteiger partial charge is 0.292 e. The molecule has 1 aromatic carbocycles. The zero-order valence-electron chi connectivity index (χ0n) is 11.7. The molecule has 1 rings (SSSR count). The van der Waals surface area contributed by atoms with Gasteiger partial charge in [-0.05, 0) is 19.8 Å². The van der Waals surface area contributed by atoms with Gasteiger partial charge in [0.15, 0.2) is 0 Å². The molecule has 0 fully saturated rings. The Morgan fingerprint density at radius 3 is 2.16 bits per heavy atom. The third-order valence-electron chi connectivity index (χ3n) is 3.41. The van der Waals surface area contributed by atoms with E-state index in [1.54, 1.807) is 24.3 Å². The van der Waals surface area contributed by atoms with Crippen LogP contribution in [0.25, 0.3) is 0 Å². The second-order valence-electron chi connectivity index (χ2n) is 4.81. The molecule has 0 heterocycles. The summed E-state index contributed by atoms with van der Waals surface area (Å²) in [5, 5.41) is 12.5. The molecule has 4 heteroatoms. The Labute approximate surface area is 113 Å². The van der Waals surface area contributed by atoms with E-state index in [9.17, 15) is 14.7 Å². The van der Waals surface area contributed by atoms with Gasteiger partial charge in [-0.1, -0.05) is 43.7 Å². The van der Waals surface area contributed by atoms with Gasteiger partial charge in [0.1, 0.15) is 0 Å². The van der Waals surface area contributed by atoms with Gasteiger partial charge in [-0.3, -0.25) is 9.59 Å². The molecule has 0 aliphatic carbocycles. The number of hydrogen-bond acceptors (Lipinski definition) is 3. The van der Waals surface area contributed by atoms with Crippen molar-refractivity contribution in [2.45, 2.75) is 39.2 Å². The maximum Gasteiger partial charge on any atom is 0.292 e. The van der Waals surface area contributed by atoms with Crippen LogP contribution in [-0.4, -0.2) is 28.9 Å². The normalized spacial score (nSPS) is 11.2. The first-order valence-corrected chi connectivity index (χ1v) is 6.53. The van der Waals surface area contributed by atoms with Crippen LogP contribution in [0.4, 0.5) is 0 Å². The molecule has 0 atom stereocenters. The fourth-order valence-corrected chi connectivity index (χ4v) is 1.66. The lowest BCUT2D eigenvalue weighted by atomic mass is 9.97. The van der Waals surface area contributed by atoms with Gasteiger partial charge in [0.05, 0.1) is 5.60 Å². The molecule has 0 bridgehead atoms. The molecule has 0 radical (unpaired) electrons. The molecule has 19 heavy (non-hydrogen) atoms. The summed E-state index contributed by atoms with van der Waals surface area (Å²) >= 11 is 0. The largest absolute Gasteiger partial charge is 0.388 e. The summed E-state index contributed by atoms with van der Waals surface area (Å²) in [6, 6.07) is 6.83. The minimum Gasteiger partial charge on any atom is -0.388 e. The fourth-order valence-electron chi connectivity index (χ4n) is 1.66. The van der Waals surface area contributed by atoms with Crippen molar-refractivity contribution in [2.24, 2.45) is 0 Å². The molecule has 1 amide bonds. The minimum atomic E-state index is -0.941. The number of nitrogens with one attached hydrogen (secondary N) is 1. The first-order valence-electron chi connectivity index (χ1n) is 6.53. The number of hydrogen-bond donors (Lipinski definition) is 2. The van der Waals surface area contributed by atoms with Crippen molar-refractivity contribution < 1.29 is 14.7 Å². The number of Topliss-reactive ketones (excluding diaryl/α,β-unsaturated/α-hetero) is 1. The van der Waals surface area contributed by atoms with Crippen molar-refractivity contribution in [3.63, 3.8) is 0 Å². The van der Waals surface area contributed by atoms with Crippen molar-refractivity contribution in [3.05, 3.63) is 35.4 Å². The summed E-state index contributed by atoms with van der Waals surface area (Å²) in [6.45, 7) is 5.70. The van der Waals surface area contributed by atoms with Gasteiger partial charge in [0.2, 0.25) is 5.78 Å². The van der Waals surface area contributed by atoms with Gasteiger partial charge in [0.25, 0.3) is 5.91 Å². The van der Waals surface area contributed by atoms with Gasteiger partial charge in [0, 0.05) is 12.1 Å². The number of aliphatic hydroxyl groups is 1. The predicted octanol–water partition coefficient (Wildman–Crippen LogP) is 1.85. The van der Waals surface area contributed by atoms with Crippen molar-refractivity contribution in [2.75, 3.05) is 6.54 Å². The van der Waals surface area contributed by atoms with E-state index in [2.05, 4.69) is 5.32 Å². The Morgan fingerprint density at radius 1 is 1.16 bits per heavy atom. The molecule has 0 saturated carbocycles. The zero-order chi connectivity index (χ0) is 14.5. The Bertz CT molecular complexity index is 447. The third kappa shape index (κ3) is 4.17. The fraction of sp³-hybridized carbons (Fsp3) is 0.467. The second kappa shape index (κ2) is 6.48. The number of carbonyl (C=O) groups excluding carboxylic acids is 2. The first kappa shape index (κ1) is 15.4. The standard InChI is InChI=1S/C15H21NO3/c1-4-15(19,5-2)10-16-14(18)13(17)12-8-6-11(3)7-9-12/h6-9,19H,4-5,10H2,1-3H3,(H,16,18). The number of benzene rings is 1. The Balaban J connectivity index is 2.63. The third-order valence-corrected chi connectivity index (χ3v) is 3.41. The van der Waals surface area contributed by atoms with E-state index in [1.807, 2.05) is 20.8 Å². The van der Waals surface area contributed by atoms with E-state index in [0.717, 1.165) is 5.56 Å². The quantitative estimate of drug-likeness (QED) is 0.608. The van der Waals surface area contributed by atoms with Crippen molar-refractivity contribution in [1.82, 2.24) is 5.32 Å². The SMILES string of the molecule is CCC(O)(CC)CNC(=O)C(=O)c1ccc(C)cc1. The Kier molecular flexibility index (Phi) is 5.24. The van der Waals surface area contributed by atoms with E-state index >= 15 is 0 Å². The van der Waals surface area contributed by atoms with E-state index in [4.69, 9.17) is 0 Å². The van der Waals surface area contributed by atoms with Crippen molar-refractivity contribution >= 4 is 11.7 Å². The number of rotatable bonds is 6. The van der Waals surface area contributed by atoms with Gasteiger partial charge < -0.3 is 10.4 Å². The number of aryl methyl sites for hydroxylation is 1. The van der Waals surface area contributed by atoms with E-state index < -0.39 is 17.3 Å². The van der Waals surface area contributed by atoms with Gasteiger partial charge in [-0.15, -0.1) is 0 Å². The Morgan fingerprint density at radius 2 is 1.68 bits per heavy atom. The summed E-state index contributed by atoms with van der Waals surface area (Å²) < 4.78 is 0. The van der Waals surface area contributed by atoms with Crippen LogP contribution in [0, 0.1) is 6.92 Å². The molecule has 0 aliphatic rings. The molecule has 4 nitrogen and oxygen atoms in total. The van der Waals surface area contributed by atoms with E-state index in [0.29, 0.717) is 18.4 Å². The first-order chi connectivity index (χ1) is 8.91. The highest BCUT2D eigenvalue weighted by molar-refractivity contribution is 6.42.